The fourth-order valence-corrected chi connectivity index (χ4v) is 2.64. The molecule has 0 aliphatic carbocycles. The summed E-state index contributed by atoms with van der Waals surface area (Å²) in [4.78, 5) is 2.43. The number of rotatable bonds is 2. The molecule has 1 heterocycles. The topological polar surface area (TPSA) is 36.3 Å². The molecule has 0 unspecified atom stereocenters. The second-order valence-corrected chi connectivity index (χ2v) is 5.49. The molecule has 0 amide bonds. The van der Waals surface area contributed by atoms with Crippen molar-refractivity contribution >= 4 is 15.9 Å². The Kier molecular flexibility index (Phi) is 4.76. The molecule has 0 bridgehead atoms. The minimum Gasteiger partial charge on any atom is -0.380 e. The van der Waals surface area contributed by atoms with Gasteiger partial charge in [0, 0.05) is 30.2 Å². The largest absolute Gasteiger partial charge is 0.380 e. The van der Waals surface area contributed by atoms with Crippen LogP contribution >= 0.6 is 15.9 Å². The summed E-state index contributed by atoms with van der Waals surface area (Å²) in [7, 11) is 0. The minimum absolute atomic E-state index is 0.537. The van der Waals surface area contributed by atoms with Crippen molar-refractivity contribution < 1.29 is 4.74 Å². The van der Waals surface area contributed by atoms with E-state index in [0.717, 1.165) is 37.2 Å². The van der Waals surface area contributed by atoms with E-state index in [1.165, 1.54) is 5.56 Å². The van der Waals surface area contributed by atoms with Gasteiger partial charge >= 0.3 is 0 Å². The predicted octanol–water partition coefficient (Wildman–Crippen LogP) is 2.93. The first kappa shape index (κ1) is 13.5. The van der Waals surface area contributed by atoms with Gasteiger partial charge in [-0.2, -0.15) is 5.26 Å². The maximum absolute atomic E-state index is 8.86. The molecule has 2 rings (SSSR count). The Bertz CT molecular complexity index is 456. The fourth-order valence-electron chi connectivity index (χ4n) is 2.14. The third-order valence-electron chi connectivity index (χ3n) is 3.38. The van der Waals surface area contributed by atoms with Crippen LogP contribution in [0.2, 0.25) is 0 Å². The van der Waals surface area contributed by atoms with Crippen molar-refractivity contribution in [3.63, 3.8) is 0 Å². The second kappa shape index (κ2) is 6.33. The molecule has 1 aromatic rings. The predicted molar refractivity (Wildman–Crippen MR) is 74.2 cm³/mol. The van der Waals surface area contributed by atoms with Crippen LogP contribution in [0.25, 0.3) is 0 Å². The summed E-state index contributed by atoms with van der Waals surface area (Å²) in [6.07, 6.45) is 1.08. The molecule has 1 aliphatic rings. The summed E-state index contributed by atoms with van der Waals surface area (Å²) < 4.78 is 6.52. The van der Waals surface area contributed by atoms with Crippen LogP contribution in [0.3, 0.4) is 0 Å². The smallest absolute Gasteiger partial charge is 0.0992 e. The monoisotopic (exact) mass is 308 g/mol. The quantitative estimate of drug-likeness (QED) is 0.843. The summed E-state index contributed by atoms with van der Waals surface area (Å²) >= 11 is 3.55. The lowest BCUT2D eigenvalue weighted by atomic mass is 10.1. The average molecular weight is 309 g/mol. The number of halogens is 1. The van der Waals surface area contributed by atoms with Crippen LogP contribution in [-0.4, -0.2) is 30.7 Å². The molecular weight excluding hydrogens is 292 g/mol. The normalized spacial score (nSPS) is 21.3. The Hall–Kier alpha value is -0.890. The van der Waals surface area contributed by atoms with E-state index in [9.17, 15) is 0 Å². The molecule has 0 N–H and O–H groups in total. The molecule has 1 fully saturated rings. The van der Waals surface area contributed by atoms with Gasteiger partial charge in [0.05, 0.1) is 18.2 Å². The fraction of sp³-hybridized carbons (Fsp3) is 0.500. The highest BCUT2D eigenvalue weighted by Crippen LogP contribution is 2.22. The summed E-state index contributed by atoms with van der Waals surface area (Å²) in [5.41, 5.74) is 1.92. The van der Waals surface area contributed by atoms with Gasteiger partial charge in [0.2, 0.25) is 0 Å². The van der Waals surface area contributed by atoms with Crippen molar-refractivity contribution in [2.45, 2.75) is 25.9 Å². The second-order valence-electron chi connectivity index (χ2n) is 4.64. The van der Waals surface area contributed by atoms with E-state index in [-0.39, 0.29) is 0 Å². The van der Waals surface area contributed by atoms with Gasteiger partial charge in [-0.3, -0.25) is 4.90 Å². The van der Waals surface area contributed by atoms with Gasteiger partial charge in [0.1, 0.15) is 0 Å². The molecule has 1 saturated heterocycles. The van der Waals surface area contributed by atoms with E-state index in [0.29, 0.717) is 11.6 Å². The van der Waals surface area contributed by atoms with E-state index < -0.39 is 0 Å². The first-order chi connectivity index (χ1) is 8.70. The first-order valence-corrected chi connectivity index (χ1v) is 7.00. The van der Waals surface area contributed by atoms with E-state index in [1.807, 2.05) is 18.2 Å². The zero-order chi connectivity index (χ0) is 13.0. The van der Waals surface area contributed by atoms with E-state index >= 15 is 0 Å². The van der Waals surface area contributed by atoms with Crippen molar-refractivity contribution in [1.82, 2.24) is 4.90 Å². The third kappa shape index (κ3) is 3.32. The van der Waals surface area contributed by atoms with Gasteiger partial charge in [-0.05, 0) is 31.0 Å². The zero-order valence-electron chi connectivity index (χ0n) is 10.5. The number of nitrogens with zero attached hydrogens (tertiary/aromatic N) is 2. The van der Waals surface area contributed by atoms with Gasteiger partial charge in [-0.1, -0.05) is 22.0 Å². The Balaban J connectivity index is 2.10. The van der Waals surface area contributed by atoms with E-state index in [2.05, 4.69) is 33.8 Å². The van der Waals surface area contributed by atoms with Crippen LogP contribution in [0.1, 0.15) is 24.5 Å². The van der Waals surface area contributed by atoms with Gasteiger partial charge in [0.25, 0.3) is 0 Å². The number of benzene rings is 1. The average Bonchev–Trinajstić information content (AvgIpc) is 2.57. The molecule has 3 nitrogen and oxygen atoms in total. The summed E-state index contributed by atoms with van der Waals surface area (Å²) in [5, 5.41) is 8.86. The highest BCUT2D eigenvalue weighted by atomic mass is 79.9. The highest BCUT2D eigenvalue weighted by Gasteiger charge is 2.18. The van der Waals surface area contributed by atoms with Crippen molar-refractivity contribution in [3.05, 3.63) is 33.8 Å². The van der Waals surface area contributed by atoms with Gasteiger partial charge < -0.3 is 4.74 Å². The molecule has 1 atom stereocenters. The molecule has 96 valence electrons. The molecule has 0 spiro atoms. The van der Waals surface area contributed by atoms with Crippen molar-refractivity contribution in [2.24, 2.45) is 0 Å². The lowest BCUT2D eigenvalue weighted by molar-refractivity contribution is 0.139. The van der Waals surface area contributed by atoms with E-state index in [1.54, 1.807) is 0 Å². The van der Waals surface area contributed by atoms with Crippen molar-refractivity contribution in [1.29, 1.82) is 5.26 Å². The Morgan fingerprint density at radius 1 is 1.50 bits per heavy atom. The van der Waals surface area contributed by atoms with Crippen LogP contribution in [0.4, 0.5) is 0 Å². The Labute approximate surface area is 116 Å². The van der Waals surface area contributed by atoms with Gasteiger partial charge in [0.15, 0.2) is 0 Å². The maximum atomic E-state index is 8.86. The lowest BCUT2D eigenvalue weighted by Gasteiger charge is -2.26. The number of ether oxygens (including phenoxy) is 1. The summed E-state index contributed by atoms with van der Waals surface area (Å²) in [6, 6.07) is 8.48. The van der Waals surface area contributed by atoms with Crippen LogP contribution in [0.15, 0.2) is 22.7 Å². The molecule has 1 aromatic carbocycles. The standard InChI is InChI=1S/C14H17BrN2O/c1-11-4-6-18-7-5-17(11)10-13-3-2-12(9-16)8-14(13)15/h2-3,8,11H,4-7,10H2,1H3/t11-/m0/s1. The van der Waals surface area contributed by atoms with Crippen LogP contribution < -0.4 is 0 Å². The molecule has 0 radical (unpaired) electrons. The number of hydrogen-bond donors (Lipinski definition) is 0. The molecule has 1 aliphatic heterocycles. The van der Waals surface area contributed by atoms with Gasteiger partial charge in [-0.15, -0.1) is 0 Å². The maximum Gasteiger partial charge on any atom is 0.0992 e. The SMILES string of the molecule is C[C@H]1CCOCCN1Cc1ccc(C#N)cc1Br. The third-order valence-corrected chi connectivity index (χ3v) is 4.12. The van der Waals surface area contributed by atoms with Crippen LogP contribution in [0, 0.1) is 11.3 Å². The summed E-state index contributed by atoms with van der Waals surface area (Å²) in [6.45, 7) is 5.76. The van der Waals surface area contributed by atoms with Gasteiger partial charge in [-0.25, -0.2) is 0 Å². The minimum atomic E-state index is 0.537. The van der Waals surface area contributed by atoms with Crippen molar-refractivity contribution in [2.75, 3.05) is 19.8 Å². The van der Waals surface area contributed by atoms with Crippen LogP contribution in [0.5, 0.6) is 0 Å². The van der Waals surface area contributed by atoms with Crippen LogP contribution in [-0.2, 0) is 11.3 Å². The zero-order valence-corrected chi connectivity index (χ0v) is 12.1. The molecule has 0 aromatic heterocycles. The Morgan fingerprint density at radius 3 is 3.06 bits per heavy atom. The lowest BCUT2D eigenvalue weighted by Crippen LogP contribution is -2.33. The van der Waals surface area contributed by atoms with Crippen molar-refractivity contribution in [3.8, 4) is 6.07 Å². The number of hydrogen-bond acceptors (Lipinski definition) is 3. The molecular formula is C14H17BrN2O. The summed E-state index contributed by atoms with van der Waals surface area (Å²) in [5.74, 6) is 0. The molecule has 18 heavy (non-hydrogen) atoms. The molecule has 4 heteroatoms. The van der Waals surface area contributed by atoms with E-state index in [4.69, 9.17) is 10.00 Å². The Morgan fingerprint density at radius 2 is 2.33 bits per heavy atom. The first-order valence-electron chi connectivity index (χ1n) is 6.21. The number of nitriles is 1. The molecule has 0 saturated carbocycles. The highest BCUT2D eigenvalue weighted by molar-refractivity contribution is 9.10.